The molecular formula is C13H15F3OP+. The minimum atomic E-state index is -3.67. The highest BCUT2D eigenvalue weighted by molar-refractivity contribution is 7.64. The van der Waals surface area contributed by atoms with Gasteiger partial charge < -0.3 is 5.11 Å². The van der Waals surface area contributed by atoms with Crippen LogP contribution in [-0.4, -0.2) is 25.1 Å². The molecule has 0 aromatic heterocycles. The average Bonchev–Trinajstić information content (AvgIpc) is 2.28. The lowest BCUT2D eigenvalue weighted by molar-refractivity contribution is 0.00819. The van der Waals surface area contributed by atoms with E-state index < -0.39 is 14.6 Å². The molecule has 0 aliphatic rings. The first-order valence-electron chi connectivity index (χ1n) is 5.37. The second-order valence-corrected chi connectivity index (χ2v) is 6.46. The molecule has 2 aromatic carbocycles. The Balaban J connectivity index is 0.000000357. The van der Waals surface area contributed by atoms with E-state index in [1.165, 1.54) is 10.7 Å². The number of alkyl halides is 3. The third kappa shape index (κ3) is 3.88. The third-order valence-corrected chi connectivity index (χ3v) is 3.95. The Morgan fingerprint density at radius 2 is 1.44 bits per heavy atom. The fourth-order valence-electron chi connectivity index (χ4n) is 1.72. The van der Waals surface area contributed by atoms with Crippen LogP contribution >= 0.6 is 7.92 Å². The average molecular weight is 275 g/mol. The van der Waals surface area contributed by atoms with Gasteiger partial charge in [-0.3, -0.25) is 0 Å². The van der Waals surface area contributed by atoms with E-state index in [9.17, 15) is 18.3 Å². The van der Waals surface area contributed by atoms with Gasteiger partial charge in [-0.15, -0.1) is 0 Å². The summed E-state index contributed by atoms with van der Waals surface area (Å²) < 4.78 is 29.0. The molecule has 0 amide bonds. The molecule has 0 heterocycles. The summed E-state index contributed by atoms with van der Waals surface area (Å²) in [6, 6.07) is 11.9. The van der Waals surface area contributed by atoms with Gasteiger partial charge >= 0.3 is 6.68 Å². The lowest BCUT2D eigenvalue weighted by atomic mass is 10.1. The first-order chi connectivity index (χ1) is 8.43. The lowest BCUT2D eigenvalue weighted by Gasteiger charge is -2.05. The van der Waals surface area contributed by atoms with E-state index in [4.69, 9.17) is 0 Å². The Kier molecular flexibility index (Phi) is 5.42. The Hall–Kier alpha value is -1.28. The first-order valence-corrected chi connectivity index (χ1v) is 7.87. The number of benzene rings is 2. The zero-order chi connectivity index (χ0) is 13.7. The van der Waals surface area contributed by atoms with Crippen molar-refractivity contribution in [1.29, 1.82) is 0 Å². The van der Waals surface area contributed by atoms with Crippen LogP contribution in [0, 0.1) is 0 Å². The van der Waals surface area contributed by atoms with Crippen molar-refractivity contribution in [1.82, 2.24) is 0 Å². The summed E-state index contributed by atoms with van der Waals surface area (Å²) >= 11 is 0. The van der Waals surface area contributed by atoms with E-state index in [0.29, 0.717) is 5.75 Å². The fourth-order valence-corrected chi connectivity index (χ4v) is 2.89. The number of fused-ring (bicyclic) bond motifs is 1. The van der Waals surface area contributed by atoms with Crippen LogP contribution in [0.5, 0.6) is 5.75 Å². The molecule has 0 aliphatic carbocycles. The van der Waals surface area contributed by atoms with Gasteiger partial charge in [0.1, 0.15) is 5.75 Å². The molecule has 98 valence electrons. The van der Waals surface area contributed by atoms with E-state index in [1.807, 2.05) is 24.3 Å². The summed E-state index contributed by atoms with van der Waals surface area (Å²) in [5.41, 5.74) is 0. The summed E-state index contributed by atoms with van der Waals surface area (Å²) in [7, 11) is -0.465. The molecule has 1 N–H and O–H groups in total. The standard InChI is InChI=1S/C12H13OP.CHF3/c1-14(2)12-8-7-11(13)9-5-3-4-6-10(9)12;2-1(3)4/h3-8,13H,1-2H3;1H/p+1. The minimum Gasteiger partial charge on any atom is -0.507 e. The Morgan fingerprint density at radius 3 is 1.94 bits per heavy atom. The van der Waals surface area contributed by atoms with Gasteiger partial charge in [0.15, 0.2) is 0 Å². The number of aromatic hydroxyl groups is 1. The van der Waals surface area contributed by atoms with Crippen LogP contribution in [0.2, 0.25) is 0 Å². The number of halogens is 3. The normalized spacial score (nSPS) is 10.6. The number of phenols is 1. The number of hydrogen-bond donors (Lipinski definition) is 1. The van der Waals surface area contributed by atoms with Gasteiger partial charge in [0.05, 0.1) is 18.6 Å². The van der Waals surface area contributed by atoms with Gasteiger partial charge in [0, 0.05) is 18.7 Å². The maximum atomic E-state index is 9.69. The quantitative estimate of drug-likeness (QED) is 0.784. The predicted molar refractivity (Wildman–Crippen MR) is 72.5 cm³/mol. The fraction of sp³-hybridized carbons (Fsp3) is 0.231. The summed E-state index contributed by atoms with van der Waals surface area (Å²) in [5, 5.41) is 13.2. The van der Waals surface area contributed by atoms with Crippen molar-refractivity contribution in [3.8, 4) is 5.75 Å². The molecule has 2 aromatic rings. The Labute approximate surface area is 105 Å². The van der Waals surface area contributed by atoms with Crippen LogP contribution in [0.3, 0.4) is 0 Å². The van der Waals surface area contributed by atoms with Gasteiger partial charge in [-0.1, -0.05) is 24.3 Å². The highest BCUT2D eigenvalue weighted by Gasteiger charge is 2.12. The zero-order valence-electron chi connectivity index (χ0n) is 10.1. The summed E-state index contributed by atoms with van der Waals surface area (Å²) in [4.78, 5) is 0. The molecule has 0 aliphatic heterocycles. The molecule has 0 unspecified atom stereocenters. The molecule has 0 atom stereocenters. The maximum Gasteiger partial charge on any atom is 0.379 e. The summed E-state index contributed by atoms with van der Waals surface area (Å²) in [5.74, 6) is 0.382. The van der Waals surface area contributed by atoms with Gasteiger partial charge in [-0.05, 0) is 12.1 Å². The van der Waals surface area contributed by atoms with E-state index in [1.54, 1.807) is 6.07 Å². The second-order valence-electron chi connectivity index (χ2n) is 3.93. The monoisotopic (exact) mass is 275 g/mol. The Morgan fingerprint density at radius 1 is 0.944 bits per heavy atom. The van der Waals surface area contributed by atoms with E-state index in [0.717, 1.165) is 5.39 Å². The second kappa shape index (κ2) is 6.60. The van der Waals surface area contributed by atoms with Crippen LogP contribution in [0.25, 0.3) is 10.8 Å². The molecule has 18 heavy (non-hydrogen) atoms. The topological polar surface area (TPSA) is 20.2 Å². The van der Waals surface area contributed by atoms with Gasteiger partial charge in [0.25, 0.3) is 0 Å². The van der Waals surface area contributed by atoms with Crippen molar-refractivity contribution in [2.24, 2.45) is 0 Å². The highest BCUT2D eigenvalue weighted by Crippen LogP contribution is 2.32. The molecule has 2 rings (SSSR count). The zero-order valence-corrected chi connectivity index (χ0v) is 11.1. The van der Waals surface area contributed by atoms with E-state index in [2.05, 4.69) is 19.4 Å². The van der Waals surface area contributed by atoms with Crippen LogP contribution < -0.4 is 5.30 Å². The first kappa shape index (κ1) is 14.8. The van der Waals surface area contributed by atoms with E-state index >= 15 is 0 Å². The van der Waals surface area contributed by atoms with Crippen LogP contribution in [0.1, 0.15) is 0 Å². The van der Waals surface area contributed by atoms with Gasteiger partial charge in [-0.2, -0.15) is 13.2 Å². The lowest BCUT2D eigenvalue weighted by Crippen LogP contribution is -2.00. The number of phenolic OH excluding ortho intramolecular Hbond substituents is 1. The van der Waals surface area contributed by atoms with Crippen LogP contribution in [0.15, 0.2) is 36.4 Å². The molecule has 0 saturated carbocycles. The molecule has 0 bridgehead atoms. The Bertz CT molecular complexity index is 512. The van der Waals surface area contributed by atoms with Crippen molar-refractivity contribution < 1.29 is 18.3 Å². The third-order valence-electron chi connectivity index (χ3n) is 2.44. The molecular weight excluding hydrogens is 260 g/mol. The molecule has 5 heteroatoms. The molecule has 0 saturated heterocycles. The van der Waals surface area contributed by atoms with E-state index in [-0.39, 0.29) is 0 Å². The van der Waals surface area contributed by atoms with Crippen molar-refractivity contribution in [3.05, 3.63) is 36.4 Å². The molecule has 0 fully saturated rings. The molecule has 0 radical (unpaired) electrons. The highest BCUT2D eigenvalue weighted by atomic mass is 31.1. The van der Waals surface area contributed by atoms with Crippen molar-refractivity contribution in [2.45, 2.75) is 6.68 Å². The number of hydrogen-bond acceptors (Lipinski definition) is 1. The maximum absolute atomic E-state index is 9.69. The molecule has 1 nitrogen and oxygen atoms in total. The van der Waals surface area contributed by atoms with Crippen molar-refractivity contribution in [3.63, 3.8) is 0 Å². The van der Waals surface area contributed by atoms with Crippen molar-refractivity contribution in [2.75, 3.05) is 13.3 Å². The SMILES string of the molecule is C[PH+](C)c1ccc(O)c2ccccc12.FC(F)F. The summed E-state index contributed by atoms with van der Waals surface area (Å²) in [6.45, 7) is 0.868. The van der Waals surface area contributed by atoms with Crippen molar-refractivity contribution >= 4 is 24.0 Å². The molecule has 0 spiro atoms. The largest absolute Gasteiger partial charge is 0.507 e. The number of rotatable bonds is 1. The van der Waals surface area contributed by atoms with Crippen LogP contribution in [0.4, 0.5) is 13.2 Å². The summed E-state index contributed by atoms with van der Waals surface area (Å²) in [6.07, 6.45) is 0. The van der Waals surface area contributed by atoms with Gasteiger partial charge in [-0.25, -0.2) is 0 Å². The minimum absolute atomic E-state index is 0.382. The van der Waals surface area contributed by atoms with Crippen LogP contribution in [-0.2, 0) is 0 Å². The smallest absolute Gasteiger partial charge is 0.379 e. The van der Waals surface area contributed by atoms with Gasteiger partial charge in [0.2, 0.25) is 0 Å². The predicted octanol–water partition coefficient (Wildman–Crippen LogP) is 3.82.